The van der Waals surface area contributed by atoms with Crippen molar-refractivity contribution in [3.63, 3.8) is 0 Å². The first kappa shape index (κ1) is 22.4. The Balaban J connectivity index is 0.00000280. The SMILES string of the molecule is CN(C)c1ccc2c(c1)Sc1cc(N(C)C)cc(C(=O)NCC(=O)O)c1N2.[Na]. The van der Waals surface area contributed by atoms with Gasteiger partial charge >= 0.3 is 5.97 Å². The molecule has 3 N–H and O–H groups in total. The van der Waals surface area contributed by atoms with Crippen molar-refractivity contribution in [3.8, 4) is 0 Å². The molecule has 1 amide bonds. The van der Waals surface area contributed by atoms with Gasteiger partial charge in [0.2, 0.25) is 0 Å². The van der Waals surface area contributed by atoms with Crippen molar-refractivity contribution in [1.82, 2.24) is 5.32 Å². The third-order valence-electron chi connectivity index (χ3n) is 4.21. The van der Waals surface area contributed by atoms with Crippen LogP contribution in [0.2, 0.25) is 0 Å². The first-order valence-electron chi connectivity index (χ1n) is 8.38. The summed E-state index contributed by atoms with van der Waals surface area (Å²) in [6, 6.07) is 9.88. The largest absolute Gasteiger partial charge is 0.480 e. The Labute approximate surface area is 190 Å². The third-order valence-corrected chi connectivity index (χ3v) is 5.31. The maximum Gasteiger partial charge on any atom is 0.322 e. The second-order valence-corrected chi connectivity index (χ2v) is 7.72. The first-order valence-corrected chi connectivity index (χ1v) is 9.19. The van der Waals surface area contributed by atoms with Gasteiger partial charge in [-0.3, -0.25) is 9.59 Å². The Bertz CT molecular complexity index is 918. The normalized spacial score (nSPS) is 11.3. The molecule has 0 aliphatic carbocycles. The number of fused-ring (bicyclic) bond motifs is 2. The summed E-state index contributed by atoms with van der Waals surface area (Å²) in [6.45, 7) is -0.421. The molecule has 1 radical (unpaired) electrons. The van der Waals surface area contributed by atoms with Crippen molar-refractivity contribution >= 4 is 75.9 Å². The fourth-order valence-corrected chi connectivity index (χ4v) is 3.82. The van der Waals surface area contributed by atoms with Crippen LogP contribution in [-0.2, 0) is 4.79 Å². The van der Waals surface area contributed by atoms with Gasteiger partial charge in [-0.05, 0) is 30.3 Å². The van der Waals surface area contributed by atoms with E-state index >= 15 is 0 Å². The molecule has 3 rings (SSSR count). The maximum absolute atomic E-state index is 12.6. The average molecular weight is 409 g/mol. The molecule has 0 spiro atoms. The average Bonchev–Trinajstić information content (AvgIpc) is 2.62. The summed E-state index contributed by atoms with van der Waals surface area (Å²) in [5.41, 5.74) is 4.00. The van der Waals surface area contributed by atoms with Crippen molar-refractivity contribution in [3.05, 3.63) is 35.9 Å². The molecular formula is C19H22N4NaO3S. The number of rotatable bonds is 5. The van der Waals surface area contributed by atoms with Gasteiger partial charge in [0.15, 0.2) is 0 Å². The number of carboxylic acids is 1. The van der Waals surface area contributed by atoms with Crippen molar-refractivity contribution in [2.75, 3.05) is 49.9 Å². The zero-order chi connectivity index (χ0) is 19.7. The van der Waals surface area contributed by atoms with Gasteiger partial charge in [-0.15, -0.1) is 0 Å². The van der Waals surface area contributed by atoms with Crippen LogP contribution in [0.4, 0.5) is 22.7 Å². The van der Waals surface area contributed by atoms with Crippen LogP contribution in [0.5, 0.6) is 0 Å². The number of nitrogens with zero attached hydrogens (tertiary/aromatic N) is 2. The van der Waals surface area contributed by atoms with Gasteiger partial charge in [0.25, 0.3) is 5.91 Å². The van der Waals surface area contributed by atoms with Gasteiger partial charge in [0.1, 0.15) is 6.54 Å². The number of hydrogen-bond donors (Lipinski definition) is 3. The molecule has 1 aliphatic heterocycles. The van der Waals surface area contributed by atoms with Crippen molar-refractivity contribution in [2.45, 2.75) is 9.79 Å². The molecule has 28 heavy (non-hydrogen) atoms. The number of carboxylic acid groups (broad SMARTS) is 1. The molecule has 0 saturated heterocycles. The van der Waals surface area contributed by atoms with Crippen LogP contribution in [0, 0.1) is 0 Å². The first-order chi connectivity index (χ1) is 12.8. The Morgan fingerprint density at radius 1 is 1.04 bits per heavy atom. The zero-order valence-electron chi connectivity index (χ0n) is 16.7. The number of carbonyl (C=O) groups is 2. The fraction of sp³-hybridized carbons (Fsp3) is 0.263. The molecular weight excluding hydrogens is 387 g/mol. The maximum atomic E-state index is 12.6. The van der Waals surface area contributed by atoms with Crippen LogP contribution in [0.15, 0.2) is 40.1 Å². The van der Waals surface area contributed by atoms with Crippen molar-refractivity contribution in [2.24, 2.45) is 0 Å². The van der Waals surface area contributed by atoms with E-state index in [0.717, 1.165) is 26.9 Å². The van der Waals surface area contributed by atoms with Crippen LogP contribution in [0.3, 0.4) is 0 Å². The Morgan fingerprint density at radius 3 is 2.29 bits per heavy atom. The predicted molar refractivity (Wildman–Crippen MR) is 115 cm³/mol. The number of carbonyl (C=O) groups excluding carboxylic acids is 1. The molecule has 1 heterocycles. The molecule has 0 saturated carbocycles. The van der Waals surface area contributed by atoms with Gasteiger partial charge in [0.05, 0.1) is 16.9 Å². The van der Waals surface area contributed by atoms with Gasteiger partial charge < -0.3 is 25.5 Å². The molecule has 9 heteroatoms. The molecule has 2 aromatic carbocycles. The molecule has 1 aliphatic rings. The van der Waals surface area contributed by atoms with Crippen LogP contribution in [0.1, 0.15) is 10.4 Å². The van der Waals surface area contributed by atoms with Crippen LogP contribution < -0.4 is 20.4 Å². The summed E-state index contributed by atoms with van der Waals surface area (Å²) in [5, 5.41) is 14.6. The minimum Gasteiger partial charge on any atom is -0.480 e. The quantitative estimate of drug-likeness (QED) is 0.558. The van der Waals surface area contributed by atoms with Crippen LogP contribution >= 0.6 is 11.8 Å². The van der Waals surface area contributed by atoms with E-state index < -0.39 is 18.4 Å². The molecule has 2 aromatic rings. The summed E-state index contributed by atoms with van der Waals surface area (Å²) in [4.78, 5) is 29.4. The fourth-order valence-electron chi connectivity index (χ4n) is 2.73. The van der Waals surface area contributed by atoms with E-state index in [9.17, 15) is 9.59 Å². The van der Waals surface area contributed by atoms with E-state index in [4.69, 9.17) is 5.11 Å². The number of benzene rings is 2. The van der Waals surface area contributed by atoms with E-state index in [2.05, 4.69) is 16.7 Å². The summed E-state index contributed by atoms with van der Waals surface area (Å²) < 4.78 is 0. The second-order valence-electron chi connectivity index (χ2n) is 6.64. The number of nitrogens with one attached hydrogen (secondary N) is 2. The van der Waals surface area contributed by atoms with Crippen molar-refractivity contribution in [1.29, 1.82) is 0 Å². The number of amides is 1. The summed E-state index contributed by atoms with van der Waals surface area (Å²) in [5.74, 6) is -1.50. The predicted octanol–water partition coefficient (Wildman–Crippen LogP) is 2.46. The Kier molecular flexibility index (Phi) is 7.28. The monoisotopic (exact) mass is 409 g/mol. The number of aliphatic carboxylic acids is 1. The standard InChI is InChI=1S/C19H22N4O3S.Na/c1-22(2)11-5-6-14-15(8-11)27-16-9-12(23(3)4)7-13(18(16)21-14)19(26)20-10-17(24)25;/h5-9,21H,10H2,1-4H3,(H,20,26)(H,24,25);. The van der Waals surface area contributed by atoms with Gasteiger partial charge in [-0.2, -0.15) is 0 Å². The minimum atomic E-state index is -1.08. The molecule has 0 aromatic heterocycles. The minimum absolute atomic E-state index is 0. The van der Waals surface area contributed by atoms with E-state index in [1.807, 2.05) is 56.2 Å². The Morgan fingerprint density at radius 2 is 1.68 bits per heavy atom. The molecule has 0 fully saturated rings. The van der Waals surface area contributed by atoms with Gasteiger partial charge in [0, 0.05) is 78.9 Å². The molecule has 7 nitrogen and oxygen atoms in total. The second kappa shape index (κ2) is 9.09. The van der Waals surface area contributed by atoms with Gasteiger partial charge in [-0.25, -0.2) is 0 Å². The smallest absolute Gasteiger partial charge is 0.322 e. The molecule has 0 atom stereocenters. The molecule has 143 valence electrons. The molecule has 0 unspecified atom stereocenters. The summed E-state index contributed by atoms with van der Waals surface area (Å²) >= 11 is 1.59. The van der Waals surface area contributed by atoms with E-state index in [1.165, 1.54) is 0 Å². The third kappa shape index (κ3) is 4.75. The topological polar surface area (TPSA) is 84.9 Å². The van der Waals surface area contributed by atoms with E-state index in [-0.39, 0.29) is 29.6 Å². The zero-order valence-corrected chi connectivity index (χ0v) is 19.5. The van der Waals surface area contributed by atoms with Crippen LogP contribution in [-0.4, -0.2) is 81.3 Å². The van der Waals surface area contributed by atoms with E-state index in [0.29, 0.717) is 11.3 Å². The van der Waals surface area contributed by atoms with Gasteiger partial charge in [-0.1, -0.05) is 11.8 Å². The summed E-state index contributed by atoms with van der Waals surface area (Å²) in [6.07, 6.45) is 0. The Hall–Kier alpha value is -1.87. The van der Waals surface area contributed by atoms with Crippen LogP contribution in [0.25, 0.3) is 0 Å². The number of hydrogen-bond acceptors (Lipinski definition) is 6. The van der Waals surface area contributed by atoms with Crippen molar-refractivity contribution < 1.29 is 14.7 Å². The number of anilines is 4. The summed E-state index contributed by atoms with van der Waals surface area (Å²) in [7, 11) is 7.79. The van der Waals surface area contributed by atoms with E-state index in [1.54, 1.807) is 17.8 Å². The molecule has 0 bridgehead atoms.